The van der Waals surface area contributed by atoms with Crippen LogP contribution in [0.3, 0.4) is 0 Å². The number of rotatable bonds is 16. The Labute approximate surface area is 913 Å². The van der Waals surface area contributed by atoms with Crippen LogP contribution in [0.2, 0.25) is 0 Å². The predicted octanol–water partition coefficient (Wildman–Crippen LogP) is 23.5. The van der Waals surface area contributed by atoms with Gasteiger partial charge in [-0.3, -0.25) is 25.5 Å². The van der Waals surface area contributed by atoms with Gasteiger partial charge in [0.25, 0.3) is 0 Å². The zero-order chi connectivity index (χ0) is 104. The number of ether oxygens (including phenoxy) is 3. The fourth-order valence-electron chi connectivity index (χ4n) is 14.0. The van der Waals surface area contributed by atoms with Gasteiger partial charge in [-0.15, -0.1) is 5.60 Å². The van der Waals surface area contributed by atoms with Crippen LogP contribution in [0.25, 0.3) is 53.2 Å². The van der Waals surface area contributed by atoms with Crippen LogP contribution in [0.5, 0.6) is 0 Å². The molecule has 0 spiro atoms. The Morgan fingerprint density at radius 3 is 1.08 bits per heavy atom. The normalized spacial score (nSPS) is 14.6. The molecule has 4 atom stereocenters. The molecule has 5 heterocycles. The van der Waals surface area contributed by atoms with Gasteiger partial charge in [-0.1, -0.05) is 246 Å². The molecular weight excluding hydrogens is 2140 g/mol. The van der Waals surface area contributed by atoms with E-state index in [1.54, 1.807) is 41.5 Å². The van der Waals surface area contributed by atoms with Gasteiger partial charge >= 0.3 is 73.0 Å². The quantitative estimate of drug-likeness (QED) is 0.0226. The average molecular weight is 2260 g/mol. The van der Waals surface area contributed by atoms with Gasteiger partial charge in [0.1, 0.15) is 40.8 Å². The summed E-state index contributed by atoms with van der Waals surface area (Å²) in [6.45, 7) is 31.6. The fourth-order valence-corrected chi connectivity index (χ4v) is 18.7. The number of ketones is 1. The number of aliphatic hydroxyl groups excluding tert-OH is 1. The van der Waals surface area contributed by atoms with Crippen LogP contribution in [-0.4, -0.2) is 98.9 Å². The number of aliphatic carboxylic acids is 1. The van der Waals surface area contributed by atoms with Crippen molar-refractivity contribution in [2.24, 2.45) is 16.2 Å². The molecule has 14 aromatic rings. The zero-order valence-corrected chi connectivity index (χ0v) is 92.9. The van der Waals surface area contributed by atoms with E-state index in [4.69, 9.17) is 43.3 Å². The number of benzene rings is 10. The first-order chi connectivity index (χ1) is 67.8. The smallest absolute Gasteiger partial charge is 0.850 e. The monoisotopic (exact) mass is 2260 g/mol. The van der Waals surface area contributed by atoms with Crippen LogP contribution in [-0.2, 0) is 42.7 Å². The molecule has 6 N–H and O–H groups in total. The van der Waals surface area contributed by atoms with E-state index in [0.29, 0.717) is 35.5 Å². The summed E-state index contributed by atoms with van der Waals surface area (Å²) in [5, 5.41) is 52.1. The van der Waals surface area contributed by atoms with Crippen molar-refractivity contribution >= 4 is 195 Å². The molecule has 4 aromatic heterocycles. The number of carbonyl (C=O) groups excluding carboxylic acids is 6. The molecule has 18 rings (SSSR count). The van der Waals surface area contributed by atoms with Crippen LogP contribution >= 0.6 is 91.3 Å². The molecule has 3 amide bonds. The van der Waals surface area contributed by atoms with Crippen molar-refractivity contribution in [3.63, 3.8) is 0 Å². The van der Waals surface area contributed by atoms with Gasteiger partial charge in [0.15, 0.2) is 0 Å². The summed E-state index contributed by atoms with van der Waals surface area (Å²) in [6.07, 6.45) is 2.74. The van der Waals surface area contributed by atoms with Gasteiger partial charge in [-0.05, 0) is 346 Å². The SMILES string of the molecule is C.CC(=O)C1(C#Cc2ccc3cc(-c4snc(C)c4NC(=O)O[C@H](C)c4ccccc4)ccc3c2)CC1.CC(C)(C)[O-].CC1(C#Cc2ccc3cc(B4OC(C)(C)C(C)(C)O4)ccc3c2)CC1.C[C@H](O)c1ccccc1.Cc1nsc(-c2ccc3cc(C#CC4(C(=O)O)CC4)ccc3c2)c1NC(=O)O[C@H](C)c1ccccc1.Cc1nsc(I)c1C(=O)O.Cc1nsc(I)c1NC(=O)O[C@H](C)c1ccccc1.O=C=O.[Na+]. The number of aryl methyl sites for hydroxylation is 4. The maximum Gasteiger partial charge on any atom is 1.00 e. The molecule has 10 aromatic carbocycles. The maximum atomic E-state index is 12.7. The van der Waals surface area contributed by atoms with Crippen LogP contribution < -0.4 is 56.1 Å². The maximum absolute atomic E-state index is 12.7. The minimum Gasteiger partial charge on any atom is -0.850 e. The molecular formula is C113H115BI2N7NaO17S4. The van der Waals surface area contributed by atoms with Crippen molar-refractivity contribution in [1.82, 2.24) is 17.5 Å². The van der Waals surface area contributed by atoms with Crippen molar-refractivity contribution in [3.8, 4) is 56.4 Å². The number of fused-ring (bicyclic) bond motifs is 3. The largest absolute Gasteiger partial charge is 1.00 e. The number of anilines is 3. The van der Waals surface area contributed by atoms with Crippen molar-refractivity contribution in [2.75, 3.05) is 16.0 Å². The van der Waals surface area contributed by atoms with Crippen molar-refractivity contribution in [3.05, 3.63) is 304 Å². The standard InChI is InChI=1S/C30H26N2O3S.C29H24N2O4S.C22H25BO2.C13H13IN2O2S.C8H10O.C5H4INO2S.C4H9O.CO2.CH4.Na/c1-19-27(31-29(34)35-20(2)23-7-5-4-6-8-23)28(36-32-19)26-12-11-24-17-22(9-10-25(24)18-26)13-14-30(15-16-30)21(3)33;1-18-25(30-28(34)35-19(2)21-6-4-3-5-7-21)26(36-31-18)24-11-10-22-16-20(8-9-23(22)17-24)12-13-29(14-15-29)27(32)33;1-20(2)21(3,4)25-23(24-20)19-9-8-17-14-16(6-7-18(17)15-19)10-11-22(5)12-13-22;1-8-11(12(14)19-16-8)15-13(17)18-9(2)10-6-4-3-5-7-10;1-7(9)8-5-3-2-4-6-8;1-2-3(5(8)9)4(6)10-7-2;1-4(2,3)5;2-1-3;;/h4-12,17-18,20H,15-16H2,1-3H3,(H,31,34);3-11,16-17,19H,14-15H2,1-2H3,(H,30,34)(H,32,33);6-9,14-15H,12-13H2,1-5H3;3-7,9H,1-2H3,(H,15,17);2-7,9H,1H3;1H3,(H,8,9);1-3H3;;1H4;/q;;;;;;-1;;;+1/t20-;19-;;9-;7-;;;;;/m11.10...../s1. The Morgan fingerprint density at radius 1 is 0.448 bits per heavy atom. The number of nitrogens with zero attached hydrogens (tertiary/aromatic N) is 4. The molecule has 746 valence electrons. The van der Waals surface area contributed by atoms with Gasteiger partial charge in [0.05, 0.1) is 72.3 Å². The summed E-state index contributed by atoms with van der Waals surface area (Å²) >= 11 is 9.35. The molecule has 32 heteroatoms. The molecule has 1 saturated heterocycles. The fraction of sp³-hybridized carbons (Fsp3) is 0.301. The van der Waals surface area contributed by atoms with E-state index in [1.807, 2.05) is 252 Å². The van der Waals surface area contributed by atoms with Crippen molar-refractivity contribution in [1.29, 1.82) is 0 Å². The molecule has 1 aliphatic heterocycles. The first-order valence-corrected chi connectivity index (χ1v) is 51.3. The third-order valence-corrected chi connectivity index (χ3v) is 29.5. The molecule has 24 nitrogen and oxygen atoms in total. The minimum atomic E-state index is -0.893. The summed E-state index contributed by atoms with van der Waals surface area (Å²) in [5.41, 5.74) is 12.3. The number of nitrogens with one attached hydrogen (secondary N) is 3. The summed E-state index contributed by atoms with van der Waals surface area (Å²) in [7, 11) is -0.316. The van der Waals surface area contributed by atoms with Crippen LogP contribution in [0.15, 0.2) is 231 Å². The summed E-state index contributed by atoms with van der Waals surface area (Å²) in [5.74, 6) is 17.5. The average Bonchev–Trinajstić information content (AvgIpc) is 1.64. The summed E-state index contributed by atoms with van der Waals surface area (Å²) < 4.78 is 47.5. The van der Waals surface area contributed by atoms with E-state index in [0.717, 1.165) is 128 Å². The number of carboxylic acid groups (broad SMARTS) is 2. The van der Waals surface area contributed by atoms with Gasteiger partial charge in [0.2, 0.25) is 0 Å². The number of hydrogen-bond acceptors (Lipinski definition) is 23. The molecule has 145 heavy (non-hydrogen) atoms. The van der Waals surface area contributed by atoms with Gasteiger partial charge in [-0.25, -0.2) is 19.2 Å². The topological polar surface area (TPSA) is 354 Å². The molecule has 0 radical (unpaired) electrons. The second-order valence-electron chi connectivity index (χ2n) is 36.9. The molecule has 0 bridgehead atoms. The number of aromatic carboxylic acids is 1. The molecule has 4 aliphatic rings. The van der Waals surface area contributed by atoms with E-state index >= 15 is 0 Å². The molecule has 3 saturated carbocycles. The number of amides is 3. The molecule has 0 unspecified atom stereocenters. The second kappa shape index (κ2) is 52.6. The van der Waals surface area contributed by atoms with E-state index in [9.17, 15) is 39.0 Å². The Hall–Kier alpha value is -11.7. The van der Waals surface area contributed by atoms with Crippen molar-refractivity contribution < 1.29 is 112 Å². The molecule has 3 aliphatic carbocycles. The summed E-state index contributed by atoms with van der Waals surface area (Å²) in [4.78, 5) is 88.8. The zero-order valence-electron chi connectivity index (χ0n) is 83.3. The first-order valence-electron chi connectivity index (χ1n) is 46.0. The first kappa shape index (κ1) is 117. The van der Waals surface area contributed by atoms with E-state index < -0.39 is 46.6 Å². The number of carbonyl (C=O) groups is 6. The Kier molecular flexibility index (Phi) is 42.4. The van der Waals surface area contributed by atoms with E-state index in [-0.39, 0.29) is 97.1 Å². The Bertz CT molecular complexity index is 6850. The van der Waals surface area contributed by atoms with Gasteiger partial charge in [-0.2, -0.15) is 27.1 Å². The second-order valence-corrected chi connectivity index (χ2v) is 43.6. The van der Waals surface area contributed by atoms with Crippen LogP contribution in [0, 0.1) is 85.2 Å². The van der Waals surface area contributed by atoms with Crippen LogP contribution in [0.1, 0.15) is 232 Å². The Balaban J connectivity index is 0.000000200. The third kappa shape index (κ3) is 33.7. The van der Waals surface area contributed by atoms with E-state index in [2.05, 4.69) is 169 Å². The minimum absolute atomic E-state index is 0. The third-order valence-electron chi connectivity index (χ3n) is 23.8. The number of carboxylic acids is 2. The summed E-state index contributed by atoms with van der Waals surface area (Å²) in [6, 6.07) is 75.3. The van der Waals surface area contributed by atoms with Gasteiger partial charge < -0.3 is 43.9 Å². The predicted molar refractivity (Wildman–Crippen MR) is 588 cm³/mol. The van der Waals surface area contributed by atoms with Gasteiger partial charge in [0, 0.05) is 22.1 Å². The number of Topliss-reactive ketones (excluding diaryl/α,β-unsaturated/α-hetero) is 1. The Morgan fingerprint density at radius 2 is 0.766 bits per heavy atom. The number of aliphatic hydroxyl groups is 1. The van der Waals surface area contributed by atoms with Crippen LogP contribution in [0.4, 0.5) is 31.4 Å². The van der Waals surface area contributed by atoms with E-state index in [1.165, 1.54) is 69.7 Å². The molecule has 4 fully saturated rings. The van der Waals surface area contributed by atoms with Crippen molar-refractivity contribution in [2.45, 2.75) is 205 Å². The number of halogens is 2. The number of aromatic nitrogens is 4. The number of hydrogen-bond donors (Lipinski definition) is 6.